The van der Waals surface area contributed by atoms with Gasteiger partial charge in [0.25, 0.3) is 0 Å². The molecule has 0 heterocycles. The van der Waals surface area contributed by atoms with Gasteiger partial charge in [0.05, 0.1) is 6.61 Å². The third-order valence-corrected chi connectivity index (χ3v) is 3.80. The Balaban J connectivity index is 2.21. The van der Waals surface area contributed by atoms with Crippen molar-refractivity contribution in [2.45, 2.75) is 26.2 Å². The largest absolute Gasteiger partial charge is 0.491 e. The van der Waals surface area contributed by atoms with E-state index in [4.69, 9.17) is 4.74 Å². The van der Waals surface area contributed by atoms with Gasteiger partial charge in [0.15, 0.2) is 17.3 Å². The molecule has 0 amide bonds. The second-order valence-electron chi connectivity index (χ2n) is 5.07. The first-order valence-corrected chi connectivity index (χ1v) is 6.75. The molecule has 0 radical (unpaired) electrons. The average molecular weight is 265 g/mol. The van der Waals surface area contributed by atoms with Crippen molar-refractivity contribution in [2.75, 3.05) is 20.2 Å². The van der Waals surface area contributed by atoms with Gasteiger partial charge in [-0.3, -0.25) is 4.79 Å². The number of carbonyl (C=O) groups excluding carboxylic acids is 1. The van der Waals surface area contributed by atoms with Crippen LogP contribution < -0.4 is 10.1 Å². The van der Waals surface area contributed by atoms with Crippen LogP contribution in [0.3, 0.4) is 0 Å². The van der Waals surface area contributed by atoms with Crippen LogP contribution in [-0.2, 0) is 0 Å². The molecule has 1 aromatic rings. The summed E-state index contributed by atoms with van der Waals surface area (Å²) in [7, 11) is 1.84. The summed E-state index contributed by atoms with van der Waals surface area (Å²) in [6.45, 7) is 2.86. The summed E-state index contributed by atoms with van der Waals surface area (Å²) in [5.41, 5.74) is 0.102. The summed E-state index contributed by atoms with van der Waals surface area (Å²) in [4.78, 5) is 12.5. The van der Waals surface area contributed by atoms with Crippen LogP contribution >= 0.6 is 0 Å². The molecule has 0 aliphatic heterocycles. The molecule has 0 spiro atoms. The first-order chi connectivity index (χ1) is 9.13. The summed E-state index contributed by atoms with van der Waals surface area (Å²) in [6, 6.07) is 4.49. The summed E-state index contributed by atoms with van der Waals surface area (Å²) in [5.74, 6) is -0.225. The number of carbonyl (C=O) groups is 1. The fourth-order valence-electron chi connectivity index (χ4n) is 2.65. The molecule has 104 valence electrons. The quantitative estimate of drug-likeness (QED) is 0.804. The van der Waals surface area contributed by atoms with Crippen molar-refractivity contribution < 1.29 is 13.9 Å². The predicted molar refractivity (Wildman–Crippen MR) is 72.1 cm³/mol. The van der Waals surface area contributed by atoms with Crippen molar-refractivity contribution in [1.82, 2.24) is 5.32 Å². The van der Waals surface area contributed by atoms with Gasteiger partial charge >= 0.3 is 0 Å². The zero-order valence-corrected chi connectivity index (χ0v) is 11.5. The molecule has 2 rings (SSSR count). The smallest absolute Gasteiger partial charge is 0.170 e. The zero-order valence-electron chi connectivity index (χ0n) is 11.5. The van der Waals surface area contributed by atoms with Crippen molar-refractivity contribution in [3.8, 4) is 5.75 Å². The van der Waals surface area contributed by atoms with Crippen molar-refractivity contribution in [2.24, 2.45) is 5.41 Å². The van der Waals surface area contributed by atoms with Gasteiger partial charge in [-0.05, 0) is 45.0 Å². The number of halogens is 1. The van der Waals surface area contributed by atoms with Crippen LogP contribution in [0.2, 0.25) is 0 Å². The van der Waals surface area contributed by atoms with Gasteiger partial charge in [-0.15, -0.1) is 0 Å². The van der Waals surface area contributed by atoms with Gasteiger partial charge in [0.2, 0.25) is 0 Å². The highest BCUT2D eigenvalue weighted by Crippen LogP contribution is 2.43. The number of ether oxygens (including phenoxy) is 1. The summed E-state index contributed by atoms with van der Waals surface area (Å²) in [5, 5.41) is 3.07. The molecular formula is C15H20FNO2. The van der Waals surface area contributed by atoms with Crippen LogP contribution in [0.5, 0.6) is 5.75 Å². The van der Waals surface area contributed by atoms with E-state index in [-0.39, 0.29) is 16.9 Å². The number of nitrogens with one attached hydrogen (secondary N) is 1. The van der Waals surface area contributed by atoms with Crippen LogP contribution in [0, 0.1) is 11.2 Å². The highest BCUT2D eigenvalue weighted by molar-refractivity contribution is 6.01. The van der Waals surface area contributed by atoms with Gasteiger partial charge < -0.3 is 10.1 Å². The first kappa shape index (κ1) is 14.0. The molecule has 1 saturated carbocycles. The van der Waals surface area contributed by atoms with E-state index in [0.29, 0.717) is 18.7 Å². The van der Waals surface area contributed by atoms with E-state index in [2.05, 4.69) is 5.32 Å². The minimum absolute atomic E-state index is 0.0371. The van der Waals surface area contributed by atoms with Gasteiger partial charge in [-0.1, -0.05) is 6.42 Å². The van der Waals surface area contributed by atoms with E-state index in [0.717, 1.165) is 19.3 Å². The summed E-state index contributed by atoms with van der Waals surface area (Å²) >= 11 is 0. The fraction of sp³-hybridized carbons (Fsp3) is 0.533. The first-order valence-electron chi connectivity index (χ1n) is 6.75. The highest BCUT2D eigenvalue weighted by Gasteiger charge is 2.43. The molecule has 0 saturated heterocycles. The van der Waals surface area contributed by atoms with E-state index < -0.39 is 5.82 Å². The van der Waals surface area contributed by atoms with Gasteiger partial charge in [-0.2, -0.15) is 0 Å². The third kappa shape index (κ3) is 2.63. The van der Waals surface area contributed by atoms with Crippen molar-refractivity contribution in [3.63, 3.8) is 0 Å². The van der Waals surface area contributed by atoms with Crippen molar-refractivity contribution in [3.05, 3.63) is 29.6 Å². The summed E-state index contributed by atoms with van der Waals surface area (Å²) in [6.07, 6.45) is 2.82. The minimum Gasteiger partial charge on any atom is -0.491 e. The Kier molecular flexibility index (Phi) is 4.20. The van der Waals surface area contributed by atoms with E-state index >= 15 is 0 Å². The van der Waals surface area contributed by atoms with Gasteiger partial charge in [0.1, 0.15) is 0 Å². The van der Waals surface area contributed by atoms with Crippen LogP contribution in [0.1, 0.15) is 36.5 Å². The number of hydrogen-bond acceptors (Lipinski definition) is 3. The Morgan fingerprint density at radius 3 is 2.68 bits per heavy atom. The molecule has 4 heteroatoms. The molecule has 0 bridgehead atoms. The maximum atomic E-state index is 13.8. The minimum atomic E-state index is -0.466. The standard InChI is InChI=1S/C15H20FNO2/c1-3-19-13-6-5-11(9-12(13)16)14(18)15(10-17-2)7-4-8-15/h5-6,9,17H,3-4,7-8,10H2,1-2H3. The number of Topliss-reactive ketones (excluding diaryl/α,β-unsaturated/α-hetero) is 1. The number of hydrogen-bond donors (Lipinski definition) is 1. The van der Waals surface area contributed by atoms with Gasteiger partial charge in [0, 0.05) is 17.5 Å². The molecule has 1 N–H and O–H groups in total. The van der Waals surface area contributed by atoms with Crippen LogP contribution in [0.25, 0.3) is 0 Å². The lowest BCUT2D eigenvalue weighted by Gasteiger charge is -2.40. The average Bonchev–Trinajstić information content (AvgIpc) is 2.35. The molecular weight excluding hydrogens is 245 g/mol. The molecule has 0 atom stereocenters. The van der Waals surface area contributed by atoms with Crippen molar-refractivity contribution in [1.29, 1.82) is 0 Å². The summed E-state index contributed by atoms with van der Waals surface area (Å²) < 4.78 is 18.9. The predicted octanol–water partition coefficient (Wildman–Crippen LogP) is 2.80. The maximum Gasteiger partial charge on any atom is 0.170 e. The topological polar surface area (TPSA) is 38.3 Å². The molecule has 0 aromatic heterocycles. The highest BCUT2D eigenvalue weighted by atomic mass is 19.1. The SMILES string of the molecule is CCOc1ccc(C(=O)C2(CNC)CCC2)cc1F. The zero-order chi connectivity index (χ0) is 13.9. The number of ketones is 1. The molecule has 0 unspecified atom stereocenters. The maximum absolute atomic E-state index is 13.8. The molecule has 1 fully saturated rings. The lowest BCUT2D eigenvalue weighted by atomic mass is 9.64. The Hall–Kier alpha value is -1.42. The monoisotopic (exact) mass is 265 g/mol. The fourth-order valence-corrected chi connectivity index (χ4v) is 2.65. The lowest BCUT2D eigenvalue weighted by Crippen LogP contribution is -2.45. The molecule has 3 nitrogen and oxygen atoms in total. The van der Waals surface area contributed by atoms with Crippen LogP contribution in [-0.4, -0.2) is 26.0 Å². The lowest BCUT2D eigenvalue weighted by molar-refractivity contribution is 0.0614. The van der Waals surface area contributed by atoms with E-state index in [1.165, 1.54) is 12.1 Å². The number of benzene rings is 1. The van der Waals surface area contributed by atoms with Crippen molar-refractivity contribution >= 4 is 5.78 Å². The van der Waals surface area contributed by atoms with E-state index in [1.807, 2.05) is 7.05 Å². The molecule has 1 aliphatic carbocycles. The molecule has 1 aromatic carbocycles. The van der Waals surface area contributed by atoms with Crippen LogP contribution in [0.4, 0.5) is 4.39 Å². The second-order valence-corrected chi connectivity index (χ2v) is 5.07. The Morgan fingerprint density at radius 2 is 2.21 bits per heavy atom. The third-order valence-electron chi connectivity index (χ3n) is 3.80. The van der Waals surface area contributed by atoms with Gasteiger partial charge in [-0.25, -0.2) is 4.39 Å². The van der Waals surface area contributed by atoms with Crippen LogP contribution in [0.15, 0.2) is 18.2 Å². The number of rotatable bonds is 6. The molecule has 1 aliphatic rings. The normalized spacial score (nSPS) is 16.8. The second kappa shape index (κ2) is 5.70. The molecule has 19 heavy (non-hydrogen) atoms. The van der Waals surface area contributed by atoms with E-state index in [9.17, 15) is 9.18 Å². The Bertz CT molecular complexity index is 469. The Morgan fingerprint density at radius 1 is 1.47 bits per heavy atom. The van der Waals surface area contributed by atoms with E-state index in [1.54, 1.807) is 13.0 Å². The Labute approximate surface area is 113 Å².